The molecular formula is C21H30N4O2. The number of rotatable bonds is 8. The van der Waals surface area contributed by atoms with Gasteiger partial charge in [0.05, 0.1) is 5.52 Å². The van der Waals surface area contributed by atoms with Gasteiger partial charge in [-0.15, -0.1) is 0 Å². The largest absolute Gasteiger partial charge is 0.385 e. The first-order valence-corrected chi connectivity index (χ1v) is 10.1. The van der Waals surface area contributed by atoms with Gasteiger partial charge in [-0.1, -0.05) is 19.9 Å². The molecule has 1 aliphatic carbocycles. The van der Waals surface area contributed by atoms with E-state index in [2.05, 4.69) is 29.0 Å². The summed E-state index contributed by atoms with van der Waals surface area (Å²) in [6, 6.07) is 5.91. The highest BCUT2D eigenvalue weighted by molar-refractivity contribution is 5.99. The third-order valence-electron chi connectivity index (χ3n) is 6.08. The normalized spacial score (nSPS) is 24.5. The summed E-state index contributed by atoms with van der Waals surface area (Å²) in [5, 5.41) is 3.15. The molecule has 1 saturated carbocycles. The molecule has 3 heterocycles. The third-order valence-corrected chi connectivity index (χ3v) is 6.08. The van der Waals surface area contributed by atoms with Crippen molar-refractivity contribution in [1.29, 1.82) is 0 Å². The second-order valence-electron chi connectivity index (χ2n) is 8.24. The van der Waals surface area contributed by atoms with Crippen LogP contribution in [0.4, 0.5) is 0 Å². The maximum Gasteiger partial charge on any atom is 0.272 e. The van der Waals surface area contributed by atoms with Crippen LogP contribution in [0.15, 0.2) is 24.4 Å². The van der Waals surface area contributed by atoms with Gasteiger partial charge < -0.3 is 19.4 Å². The molecule has 1 N–H and O–H groups in total. The molecule has 2 aromatic heterocycles. The Labute approximate surface area is 160 Å². The summed E-state index contributed by atoms with van der Waals surface area (Å²) >= 11 is 0. The molecule has 1 aliphatic heterocycles. The summed E-state index contributed by atoms with van der Waals surface area (Å²) < 4.78 is 7.16. The van der Waals surface area contributed by atoms with Crippen molar-refractivity contribution in [2.24, 2.45) is 17.8 Å². The van der Waals surface area contributed by atoms with E-state index in [1.807, 2.05) is 28.8 Å². The first kappa shape index (κ1) is 18.4. The van der Waals surface area contributed by atoms with Crippen LogP contribution in [0.25, 0.3) is 5.52 Å². The zero-order valence-electron chi connectivity index (χ0n) is 16.5. The SMILES string of the molecule is COCCCN1C[C@@H]2C(CNC(=O)c3nc(C(C)C)n4ccccc34)[C@@H]2C1. The van der Waals surface area contributed by atoms with Crippen LogP contribution in [0.5, 0.6) is 0 Å². The minimum atomic E-state index is -0.0486. The Morgan fingerprint density at radius 3 is 2.81 bits per heavy atom. The van der Waals surface area contributed by atoms with Crippen molar-refractivity contribution in [3.63, 3.8) is 0 Å². The Kier molecular flexibility index (Phi) is 5.19. The number of fused-ring (bicyclic) bond motifs is 2. The fraction of sp³-hybridized carbons (Fsp3) is 0.619. The van der Waals surface area contributed by atoms with E-state index in [0.717, 1.165) is 49.3 Å². The summed E-state index contributed by atoms with van der Waals surface area (Å²) in [4.78, 5) is 20.0. The number of amides is 1. The number of carbonyl (C=O) groups is 1. The number of pyridine rings is 1. The summed E-state index contributed by atoms with van der Waals surface area (Å²) in [6.07, 6.45) is 3.08. The molecule has 0 aromatic carbocycles. The Balaban J connectivity index is 1.32. The first-order chi connectivity index (χ1) is 13.1. The van der Waals surface area contributed by atoms with Gasteiger partial charge in [0.1, 0.15) is 5.82 Å². The Hall–Kier alpha value is -1.92. The van der Waals surface area contributed by atoms with Crippen LogP contribution in [0.1, 0.15) is 42.5 Å². The molecule has 2 aliphatic rings. The topological polar surface area (TPSA) is 58.9 Å². The highest BCUT2D eigenvalue weighted by Crippen LogP contribution is 2.51. The van der Waals surface area contributed by atoms with Gasteiger partial charge in [0.25, 0.3) is 5.91 Å². The van der Waals surface area contributed by atoms with Crippen molar-refractivity contribution < 1.29 is 9.53 Å². The van der Waals surface area contributed by atoms with E-state index in [4.69, 9.17) is 4.74 Å². The molecule has 1 amide bonds. The number of nitrogens with zero attached hydrogens (tertiary/aromatic N) is 3. The number of ether oxygens (including phenoxy) is 1. The fourth-order valence-corrected chi connectivity index (χ4v) is 4.58. The number of likely N-dealkylation sites (tertiary alicyclic amines) is 1. The summed E-state index contributed by atoms with van der Waals surface area (Å²) in [6.45, 7) is 9.27. The summed E-state index contributed by atoms with van der Waals surface area (Å²) in [7, 11) is 1.76. The molecule has 3 atom stereocenters. The number of hydrogen-bond acceptors (Lipinski definition) is 4. The molecule has 1 saturated heterocycles. The highest BCUT2D eigenvalue weighted by Gasteiger charge is 2.54. The molecule has 146 valence electrons. The van der Waals surface area contributed by atoms with Crippen molar-refractivity contribution in [2.75, 3.05) is 39.9 Å². The van der Waals surface area contributed by atoms with Gasteiger partial charge in [0.2, 0.25) is 0 Å². The monoisotopic (exact) mass is 370 g/mol. The third kappa shape index (κ3) is 3.60. The molecule has 0 spiro atoms. The number of methoxy groups -OCH3 is 1. The van der Waals surface area contributed by atoms with Gasteiger partial charge in [-0.3, -0.25) is 4.79 Å². The lowest BCUT2D eigenvalue weighted by molar-refractivity contribution is 0.0946. The summed E-state index contributed by atoms with van der Waals surface area (Å²) in [5.41, 5.74) is 1.44. The zero-order valence-corrected chi connectivity index (χ0v) is 16.5. The second-order valence-corrected chi connectivity index (χ2v) is 8.24. The molecule has 2 fully saturated rings. The van der Waals surface area contributed by atoms with Gasteiger partial charge >= 0.3 is 0 Å². The van der Waals surface area contributed by atoms with E-state index in [-0.39, 0.29) is 11.8 Å². The maximum atomic E-state index is 12.8. The molecule has 27 heavy (non-hydrogen) atoms. The Morgan fingerprint density at radius 2 is 2.11 bits per heavy atom. The van der Waals surface area contributed by atoms with Gasteiger partial charge in [-0.25, -0.2) is 4.98 Å². The maximum absolute atomic E-state index is 12.8. The van der Waals surface area contributed by atoms with Crippen molar-refractivity contribution in [1.82, 2.24) is 19.6 Å². The molecule has 1 unspecified atom stereocenters. The minimum absolute atomic E-state index is 0.0486. The van der Waals surface area contributed by atoms with Crippen molar-refractivity contribution in [3.8, 4) is 0 Å². The number of piperidine rings is 1. The second kappa shape index (κ2) is 7.60. The van der Waals surface area contributed by atoms with Crippen LogP contribution in [0, 0.1) is 17.8 Å². The minimum Gasteiger partial charge on any atom is -0.385 e. The van der Waals surface area contributed by atoms with Gasteiger partial charge in [-0.05, 0) is 36.3 Å². The van der Waals surface area contributed by atoms with E-state index < -0.39 is 0 Å². The number of hydrogen-bond donors (Lipinski definition) is 1. The highest BCUT2D eigenvalue weighted by atomic mass is 16.5. The van der Waals surface area contributed by atoms with Crippen LogP contribution < -0.4 is 5.32 Å². The van der Waals surface area contributed by atoms with Crippen molar-refractivity contribution in [2.45, 2.75) is 26.2 Å². The molecule has 6 heteroatoms. The predicted octanol–water partition coefficient (Wildman–Crippen LogP) is 2.40. The number of carbonyl (C=O) groups excluding carboxylic acids is 1. The Bertz CT molecular complexity index is 804. The number of imidazole rings is 1. The van der Waals surface area contributed by atoms with Crippen LogP contribution in [-0.2, 0) is 4.74 Å². The lowest BCUT2D eigenvalue weighted by Gasteiger charge is -2.19. The molecule has 2 aromatic rings. The quantitative estimate of drug-likeness (QED) is 0.725. The van der Waals surface area contributed by atoms with Crippen LogP contribution in [-0.4, -0.2) is 60.1 Å². The van der Waals surface area contributed by atoms with E-state index in [1.54, 1.807) is 7.11 Å². The van der Waals surface area contributed by atoms with Crippen LogP contribution in [0.2, 0.25) is 0 Å². The standard InChI is InChI=1S/C21H30N4O2/c1-14(2)20-23-19(18-7-4-5-9-25(18)20)21(26)22-11-15-16-12-24(13-17(15)16)8-6-10-27-3/h4-5,7,9,14-17H,6,8,10-13H2,1-3H3,(H,22,26)/t15?,16-,17+. The first-order valence-electron chi connectivity index (χ1n) is 10.1. The fourth-order valence-electron chi connectivity index (χ4n) is 4.58. The number of nitrogens with one attached hydrogen (secondary N) is 1. The van der Waals surface area contributed by atoms with Gasteiger partial charge in [-0.2, -0.15) is 0 Å². The van der Waals surface area contributed by atoms with E-state index in [9.17, 15) is 4.79 Å². The molecule has 6 nitrogen and oxygen atoms in total. The lowest BCUT2D eigenvalue weighted by atomic mass is 10.2. The van der Waals surface area contributed by atoms with Crippen LogP contribution >= 0.6 is 0 Å². The van der Waals surface area contributed by atoms with E-state index in [1.165, 1.54) is 13.1 Å². The molecular weight excluding hydrogens is 340 g/mol. The Morgan fingerprint density at radius 1 is 1.33 bits per heavy atom. The molecule has 4 rings (SSSR count). The lowest BCUT2D eigenvalue weighted by Crippen LogP contribution is -2.31. The average Bonchev–Trinajstić information content (AvgIpc) is 3.00. The number of aromatic nitrogens is 2. The predicted molar refractivity (Wildman–Crippen MR) is 105 cm³/mol. The smallest absolute Gasteiger partial charge is 0.272 e. The van der Waals surface area contributed by atoms with E-state index in [0.29, 0.717) is 11.6 Å². The van der Waals surface area contributed by atoms with Crippen molar-refractivity contribution >= 4 is 11.4 Å². The van der Waals surface area contributed by atoms with Crippen LogP contribution in [0.3, 0.4) is 0 Å². The molecule has 0 radical (unpaired) electrons. The average molecular weight is 370 g/mol. The molecule has 0 bridgehead atoms. The summed E-state index contributed by atoms with van der Waals surface area (Å²) in [5.74, 6) is 3.29. The van der Waals surface area contributed by atoms with E-state index >= 15 is 0 Å². The van der Waals surface area contributed by atoms with Gasteiger partial charge in [0.15, 0.2) is 5.69 Å². The van der Waals surface area contributed by atoms with Crippen molar-refractivity contribution in [3.05, 3.63) is 35.9 Å². The van der Waals surface area contributed by atoms with Gasteiger partial charge in [0, 0.05) is 52.0 Å². The zero-order chi connectivity index (χ0) is 19.0.